The van der Waals surface area contributed by atoms with Gasteiger partial charge >= 0.3 is 6.09 Å². The van der Waals surface area contributed by atoms with E-state index in [1.165, 1.54) is 0 Å². The van der Waals surface area contributed by atoms with Crippen LogP contribution < -0.4 is 5.32 Å². The molecule has 1 aliphatic rings. The third-order valence-corrected chi connectivity index (χ3v) is 4.83. The van der Waals surface area contributed by atoms with E-state index in [1.807, 2.05) is 48.5 Å². The van der Waals surface area contributed by atoms with Gasteiger partial charge in [-0.25, -0.2) is 4.79 Å². The van der Waals surface area contributed by atoms with Crippen molar-refractivity contribution < 1.29 is 14.1 Å². The summed E-state index contributed by atoms with van der Waals surface area (Å²) in [4.78, 5) is 11.6. The number of hydrogen-bond acceptors (Lipinski definition) is 4. The number of nitrogens with zero attached hydrogens (tertiary/aromatic N) is 1. The summed E-state index contributed by atoms with van der Waals surface area (Å²) < 4.78 is 21.2. The first-order chi connectivity index (χ1) is 9.87. The third kappa shape index (κ3) is 7.01. The van der Waals surface area contributed by atoms with E-state index in [0.717, 1.165) is 25.0 Å². The Balaban J connectivity index is 2.31. The molecule has 1 N–H and O–H groups in total. The smallest absolute Gasteiger partial charge is 0.407 e. The standard InChI is InChI=1S/C16H30N2O3S/c1-11(18-22(20)16(5,6)7)8-12-9-13(10-12)17-14(19)21-15(2,3)4/h12-13H,8-10H2,1-7H3,(H,17,19)/b18-11+/t12?,13?,22-/m1/s1. The van der Waals surface area contributed by atoms with E-state index < -0.39 is 17.0 Å². The summed E-state index contributed by atoms with van der Waals surface area (Å²) in [5.41, 5.74) is 0.460. The highest BCUT2D eigenvalue weighted by atomic mass is 32.2. The molecule has 1 fully saturated rings. The van der Waals surface area contributed by atoms with Gasteiger partial charge in [-0.15, -0.1) is 0 Å². The van der Waals surface area contributed by atoms with Crippen LogP contribution in [0.5, 0.6) is 0 Å². The largest absolute Gasteiger partial charge is 0.591 e. The zero-order valence-electron chi connectivity index (χ0n) is 14.9. The van der Waals surface area contributed by atoms with Crippen molar-refractivity contribution in [2.45, 2.75) is 84.1 Å². The number of amides is 1. The predicted octanol–water partition coefficient (Wildman–Crippen LogP) is 3.60. The van der Waals surface area contributed by atoms with Gasteiger partial charge in [-0.3, -0.25) is 0 Å². The monoisotopic (exact) mass is 330 g/mol. The minimum atomic E-state index is -1.19. The highest BCUT2D eigenvalue weighted by Crippen LogP contribution is 2.31. The van der Waals surface area contributed by atoms with E-state index in [2.05, 4.69) is 9.71 Å². The minimum absolute atomic E-state index is 0.181. The third-order valence-electron chi connectivity index (χ3n) is 3.30. The molecule has 1 aliphatic carbocycles. The molecule has 22 heavy (non-hydrogen) atoms. The fourth-order valence-electron chi connectivity index (χ4n) is 2.23. The van der Waals surface area contributed by atoms with Gasteiger partial charge in [-0.2, -0.15) is 0 Å². The second-order valence-corrected chi connectivity index (χ2v) is 9.98. The van der Waals surface area contributed by atoms with Gasteiger partial charge in [0.2, 0.25) is 0 Å². The van der Waals surface area contributed by atoms with Crippen molar-refractivity contribution in [1.29, 1.82) is 0 Å². The van der Waals surface area contributed by atoms with Gasteiger partial charge in [0, 0.05) is 6.04 Å². The highest BCUT2D eigenvalue weighted by Gasteiger charge is 2.33. The maximum absolute atomic E-state index is 12.0. The SMILES string of the molecule is C/C(CC1CC(NC(=O)OC(C)(C)C)C1)=N\[S@+]([O-])C(C)(C)C. The number of alkyl carbamates (subject to hydrolysis) is 1. The maximum atomic E-state index is 12.0. The van der Waals surface area contributed by atoms with Crippen LogP contribution in [0.3, 0.4) is 0 Å². The maximum Gasteiger partial charge on any atom is 0.407 e. The lowest BCUT2D eigenvalue weighted by Gasteiger charge is -2.36. The van der Waals surface area contributed by atoms with Gasteiger partial charge in [0.1, 0.15) is 21.7 Å². The average Bonchev–Trinajstić information content (AvgIpc) is 2.21. The second kappa shape index (κ2) is 7.21. The van der Waals surface area contributed by atoms with Gasteiger partial charge in [-0.05, 0) is 73.6 Å². The number of hydrogen-bond donors (Lipinski definition) is 1. The normalized spacial score (nSPS) is 24.5. The molecule has 0 spiro atoms. The van der Waals surface area contributed by atoms with Crippen molar-refractivity contribution >= 4 is 23.2 Å². The Bertz CT molecular complexity index is 418. The Kier molecular flexibility index (Phi) is 6.33. The number of rotatable bonds is 4. The van der Waals surface area contributed by atoms with Crippen LogP contribution in [0.25, 0.3) is 0 Å². The van der Waals surface area contributed by atoms with Crippen molar-refractivity contribution in [3.05, 3.63) is 0 Å². The Morgan fingerprint density at radius 2 is 1.82 bits per heavy atom. The lowest BCUT2D eigenvalue weighted by atomic mass is 9.77. The van der Waals surface area contributed by atoms with Gasteiger partial charge in [0.25, 0.3) is 0 Å². The quantitative estimate of drug-likeness (QED) is 0.632. The molecule has 5 nitrogen and oxygen atoms in total. The summed E-state index contributed by atoms with van der Waals surface area (Å²) >= 11 is -1.19. The van der Waals surface area contributed by atoms with E-state index >= 15 is 0 Å². The Morgan fingerprint density at radius 1 is 1.27 bits per heavy atom. The lowest BCUT2D eigenvalue weighted by Crippen LogP contribution is -2.46. The molecular formula is C16H30N2O3S. The van der Waals surface area contributed by atoms with Crippen LogP contribution in [0.2, 0.25) is 0 Å². The fourth-order valence-corrected chi connectivity index (χ4v) is 2.86. The molecule has 6 heteroatoms. The first-order valence-corrected chi connectivity index (χ1v) is 8.93. The van der Waals surface area contributed by atoms with Gasteiger partial charge in [-0.1, -0.05) is 4.40 Å². The molecule has 0 saturated heterocycles. The van der Waals surface area contributed by atoms with Gasteiger partial charge in [0.15, 0.2) is 0 Å². The first-order valence-electron chi connectivity index (χ1n) is 7.82. The Morgan fingerprint density at radius 3 is 2.27 bits per heavy atom. The summed E-state index contributed by atoms with van der Waals surface area (Å²) in [7, 11) is 0. The van der Waals surface area contributed by atoms with Crippen LogP contribution in [0.1, 0.15) is 67.7 Å². The summed E-state index contributed by atoms with van der Waals surface area (Å²) in [6.45, 7) is 13.2. The zero-order valence-corrected chi connectivity index (χ0v) is 15.7. The molecule has 0 bridgehead atoms. The topological polar surface area (TPSA) is 73.8 Å². The molecule has 1 atom stereocenters. The van der Waals surface area contributed by atoms with E-state index in [4.69, 9.17) is 4.74 Å². The molecule has 0 aromatic carbocycles. The van der Waals surface area contributed by atoms with Crippen LogP contribution in [0, 0.1) is 5.92 Å². The summed E-state index contributed by atoms with van der Waals surface area (Å²) in [6.07, 6.45) is 2.34. The number of nitrogens with one attached hydrogen (secondary N) is 1. The summed E-state index contributed by atoms with van der Waals surface area (Å²) in [5, 5.41) is 2.88. The van der Waals surface area contributed by atoms with Crippen molar-refractivity contribution in [3.8, 4) is 0 Å². The van der Waals surface area contributed by atoms with Crippen LogP contribution in [0.15, 0.2) is 4.40 Å². The molecule has 1 saturated carbocycles. The lowest BCUT2D eigenvalue weighted by molar-refractivity contribution is 0.0455. The molecule has 0 aromatic heterocycles. The molecule has 0 aliphatic heterocycles. The van der Waals surface area contributed by atoms with Crippen LogP contribution in [0.4, 0.5) is 4.79 Å². The molecule has 1 amide bonds. The van der Waals surface area contributed by atoms with E-state index in [-0.39, 0.29) is 16.9 Å². The Hall–Kier alpha value is -0.750. The highest BCUT2D eigenvalue weighted by molar-refractivity contribution is 7.91. The molecule has 128 valence electrons. The van der Waals surface area contributed by atoms with Gasteiger partial charge < -0.3 is 14.6 Å². The van der Waals surface area contributed by atoms with Crippen molar-refractivity contribution in [3.63, 3.8) is 0 Å². The predicted molar refractivity (Wildman–Crippen MR) is 91.5 cm³/mol. The molecule has 0 unspecified atom stereocenters. The number of carbonyl (C=O) groups excluding carboxylic acids is 1. The molecular weight excluding hydrogens is 300 g/mol. The van der Waals surface area contributed by atoms with Crippen LogP contribution in [-0.4, -0.2) is 32.7 Å². The van der Waals surface area contributed by atoms with Crippen molar-refractivity contribution in [2.24, 2.45) is 10.3 Å². The van der Waals surface area contributed by atoms with Gasteiger partial charge in [0.05, 0.1) is 5.71 Å². The Labute approximate surface area is 137 Å². The number of ether oxygens (including phenoxy) is 1. The molecule has 0 heterocycles. The van der Waals surface area contributed by atoms with E-state index in [0.29, 0.717) is 5.92 Å². The van der Waals surface area contributed by atoms with Crippen molar-refractivity contribution in [2.75, 3.05) is 0 Å². The fraction of sp³-hybridized carbons (Fsp3) is 0.875. The summed E-state index contributed by atoms with van der Waals surface area (Å²) in [6, 6.07) is 0.181. The second-order valence-electron chi connectivity index (χ2n) is 8.07. The average molecular weight is 330 g/mol. The van der Waals surface area contributed by atoms with Crippen LogP contribution >= 0.6 is 0 Å². The van der Waals surface area contributed by atoms with E-state index in [1.54, 1.807) is 0 Å². The van der Waals surface area contributed by atoms with Crippen molar-refractivity contribution in [1.82, 2.24) is 5.32 Å². The number of carbonyl (C=O) groups is 1. The van der Waals surface area contributed by atoms with E-state index in [9.17, 15) is 9.35 Å². The molecule has 1 rings (SSSR count). The summed E-state index contributed by atoms with van der Waals surface area (Å²) in [5.74, 6) is 0.501. The molecule has 0 aromatic rings. The zero-order chi connectivity index (χ0) is 17.1. The van der Waals surface area contributed by atoms with Crippen LogP contribution in [-0.2, 0) is 16.1 Å². The molecule has 0 radical (unpaired) electrons. The first kappa shape index (κ1) is 19.3. The minimum Gasteiger partial charge on any atom is -0.591 e.